The molecule has 2 atom stereocenters. The number of nitrogens with zero attached hydrogens (tertiary/aromatic N) is 4. The lowest BCUT2D eigenvalue weighted by Crippen LogP contribution is -2.71. The van der Waals surface area contributed by atoms with Crippen LogP contribution in [0.1, 0.15) is 5.82 Å². The molecule has 1 fully saturated rings. The van der Waals surface area contributed by atoms with Crippen LogP contribution in [-0.4, -0.2) is 73.2 Å². The first-order valence-electron chi connectivity index (χ1n) is 7.41. The average molecular weight is 430 g/mol. The summed E-state index contributed by atoms with van der Waals surface area (Å²) >= 11 is 1.88. The zero-order valence-electron chi connectivity index (χ0n) is 13.7. The van der Waals surface area contributed by atoms with Gasteiger partial charge in [0.1, 0.15) is 23.4 Å². The fourth-order valence-corrected chi connectivity index (χ4v) is 4.27. The van der Waals surface area contributed by atoms with Gasteiger partial charge in [-0.2, -0.15) is 9.36 Å². The van der Waals surface area contributed by atoms with Crippen LogP contribution in [0, 0.1) is 0 Å². The Labute approximate surface area is 163 Å². The van der Waals surface area contributed by atoms with Crippen molar-refractivity contribution in [3.8, 4) is 0 Å². The number of carbonyl (C=O) groups is 4. The highest BCUT2D eigenvalue weighted by molar-refractivity contribution is 8.00. The number of oxime groups is 1. The predicted molar refractivity (Wildman–Crippen MR) is 93.7 cm³/mol. The third-order valence-electron chi connectivity index (χ3n) is 3.70. The standard InChI is InChI=1S/C13H11FN6O6S2/c14-3-26-18-5(8-17-13(15)28-19-8)9(22)16-6-10(23)20-7(12(24)25)4(1-21)2-27-11(6)20/h1,6,11H,2-3H2,(H,16,22)(H,24,25)(H2,15,17,19)/b18-5+. The topological polar surface area (TPSA) is 177 Å². The molecular formula is C13H11FN6O6S2. The minimum atomic E-state index is -1.42. The number of thioether (sulfide) groups is 1. The highest BCUT2D eigenvalue weighted by Gasteiger charge is 2.54. The number of nitrogen functional groups attached to an aromatic ring is 1. The van der Waals surface area contributed by atoms with E-state index in [4.69, 9.17) is 5.73 Å². The number of aliphatic carboxylic acids is 1. The summed E-state index contributed by atoms with van der Waals surface area (Å²) in [6.45, 7) is -1.31. The summed E-state index contributed by atoms with van der Waals surface area (Å²) in [6, 6.07) is -1.09. The molecule has 28 heavy (non-hydrogen) atoms. The normalized spacial score (nSPS) is 21.7. The van der Waals surface area contributed by atoms with Crippen molar-refractivity contribution in [2.45, 2.75) is 11.4 Å². The van der Waals surface area contributed by atoms with E-state index in [1.807, 2.05) is 0 Å². The van der Waals surface area contributed by atoms with Crippen molar-refractivity contribution >= 4 is 58.2 Å². The Kier molecular flexibility index (Phi) is 5.55. The zero-order valence-corrected chi connectivity index (χ0v) is 15.3. The molecule has 2 aliphatic rings. The van der Waals surface area contributed by atoms with E-state index in [2.05, 4.69) is 24.7 Å². The van der Waals surface area contributed by atoms with Gasteiger partial charge in [-0.3, -0.25) is 19.3 Å². The van der Waals surface area contributed by atoms with E-state index in [-0.39, 0.29) is 22.3 Å². The lowest BCUT2D eigenvalue weighted by atomic mass is 10.0. The van der Waals surface area contributed by atoms with Gasteiger partial charge in [0.15, 0.2) is 5.13 Å². The number of rotatable bonds is 7. The first kappa shape index (κ1) is 19.7. The maximum Gasteiger partial charge on any atom is 0.353 e. The van der Waals surface area contributed by atoms with Crippen molar-refractivity contribution in [1.82, 2.24) is 19.6 Å². The third kappa shape index (κ3) is 3.40. The van der Waals surface area contributed by atoms with E-state index in [1.165, 1.54) is 0 Å². The summed E-state index contributed by atoms with van der Waals surface area (Å²) in [7, 11) is 0. The predicted octanol–water partition coefficient (Wildman–Crippen LogP) is -1.29. The number of fused-ring (bicyclic) bond motifs is 1. The molecule has 3 rings (SSSR count). The molecule has 4 N–H and O–H groups in total. The number of hydrogen-bond acceptors (Lipinski definition) is 11. The van der Waals surface area contributed by atoms with Gasteiger partial charge in [-0.25, -0.2) is 9.18 Å². The smallest absolute Gasteiger partial charge is 0.353 e. The summed E-state index contributed by atoms with van der Waals surface area (Å²) in [5.41, 5.74) is 4.50. The first-order chi connectivity index (χ1) is 13.4. The SMILES string of the molecule is Nc1nc(/C(=N\OCF)C(=O)NC2C(=O)N3C(C(=O)O)=C(C=O)CSC23)ns1. The number of carboxylic acids is 1. The highest BCUT2D eigenvalue weighted by atomic mass is 32.2. The second-order valence-corrected chi connectivity index (χ2v) is 7.18. The summed E-state index contributed by atoms with van der Waals surface area (Å²) in [5.74, 6) is -3.25. The van der Waals surface area contributed by atoms with Gasteiger partial charge in [0.05, 0.1) is 0 Å². The molecular weight excluding hydrogens is 419 g/mol. The number of anilines is 1. The fourth-order valence-electron chi connectivity index (χ4n) is 2.55. The van der Waals surface area contributed by atoms with Crippen LogP contribution in [0.2, 0.25) is 0 Å². The van der Waals surface area contributed by atoms with E-state index >= 15 is 0 Å². The van der Waals surface area contributed by atoms with Crippen LogP contribution in [0.3, 0.4) is 0 Å². The molecule has 1 saturated heterocycles. The molecule has 1 aromatic rings. The van der Waals surface area contributed by atoms with Gasteiger partial charge in [0, 0.05) is 22.9 Å². The Morgan fingerprint density at radius 3 is 2.86 bits per heavy atom. The monoisotopic (exact) mass is 430 g/mol. The zero-order chi connectivity index (χ0) is 20.4. The quantitative estimate of drug-likeness (QED) is 0.204. The lowest BCUT2D eigenvalue weighted by molar-refractivity contribution is -0.150. The summed E-state index contributed by atoms with van der Waals surface area (Å²) < 4.78 is 16.1. The van der Waals surface area contributed by atoms with Crippen LogP contribution in [-0.2, 0) is 24.0 Å². The Morgan fingerprint density at radius 2 is 2.29 bits per heavy atom. The fraction of sp³-hybridized carbons (Fsp3) is 0.308. The van der Waals surface area contributed by atoms with Crippen LogP contribution in [0.25, 0.3) is 0 Å². The van der Waals surface area contributed by atoms with Crippen molar-refractivity contribution in [3.05, 3.63) is 17.1 Å². The van der Waals surface area contributed by atoms with E-state index < -0.39 is 47.5 Å². The van der Waals surface area contributed by atoms with Gasteiger partial charge in [0.25, 0.3) is 18.7 Å². The number of alkyl halides is 1. The van der Waals surface area contributed by atoms with Crippen molar-refractivity contribution in [1.29, 1.82) is 0 Å². The molecule has 2 aliphatic heterocycles. The number of nitrogens with two attached hydrogens (primary N) is 1. The third-order valence-corrected chi connectivity index (χ3v) is 5.55. The largest absolute Gasteiger partial charge is 0.477 e. The molecule has 2 unspecified atom stereocenters. The number of amides is 2. The van der Waals surface area contributed by atoms with Crippen molar-refractivity contribution < 1.29 is 33.5 Å². The Morgan fingerprint density at radius 1 is 1.54 bits per heavy atom. The molecule has 2 amide bonds. The Hall–Kier alpha value is -3.07. The van der Waals surface area contributed by atoms with E-state index in [0.717, 1.165) is 28.2 Å². The second kappa shape index (κ2) is 7.89. The molecule has 12 nitrogen and oxygen atoms in total. The molecule has 0 spiro atoms. The number of halogens is 1. The Bertz CT molecular complexity index is 917. The molecule has 1 aromatic heterocycles. The molecule has 3 heterocycles. The number of hydrogen-bond donors (Lipinski definition) is 3. The van der Waals surface area contributed by atoms with Crippen LogP contribution in [0.4, 0.5) is 9.52 Å². The van der Waals surface area contributed by atoms with Crippen LogP contribution in [0.15, 0.2) is 16.4 Å². The number of β-lactam (4-membered cyclic amide) rings is 1. The Balaban J connectivity index is 1.80. The maximum absolute atomic E-state index is 12.5. The summed E-state index contributed by atoms with van der Waals surface area (Å²) in [6.07, 6.45) is 0.378. The maximum atomic E-state index is 12.5. The number of aldehydes is 1. The van der Waals surface area contributed by atoms with Crippen molar-refractivity contribution in [2.75, 3.05) is 18.3 Å². The van der Waals surface area contributed by atoms with Gasteiger partial charge >= 0.3 is 5.97 Å². The molecule has 0 saturated carbocycles. The lowest BCUT2D eigenvalue weighted by Gasteiger charge is -2.48. The van der Waals surface area contributed by atoms with E-state index in [0.29, 0.717) is 6.29 Å². The minimum absolute atomic E-state index is 0.0297. The minimum Gasteiger partial charge on any atom is -0.477 e. The van der Waals surface area contributed by atoms with Crippen LogP contribution >= 0.6 is 23.3 Å². The number of aromatic nitrogens is 2. The van der Waals surface area contributed by atoms with E-state index in [1.54, 1.807) is 0 Å². The molecule has 15 heteroatoms. The number of carboxylic acid groups (broad SMARTS) is 1. The molecule has 0 radical (unpaired) electrons. The van der Waals surface area contributed by atoms with Gasteiger partial charge in [-0.05, 0) is 0 Å². The van der Waals surface area contributed by atoms with Gasteiger partial charge in [-0.15, -0.1) is 11.8 Å². The van der Waals surface area contributed by atoms with Gasteiger partial charge in [-0.1, -0.05) is 5.16 Å². The number of nitrogens with one attached hydrogen (secondary N) is 1. The van der Waals surface area contributed by atoms with Crippen LogP contribution < -0.4 is 11.1 Å². The molecule has 0 bridgehead atoms. The highest BCUT2D eigenvalue weighted by Crippen LogP contribution is 2.39. The van der Waals surface area contributed by atoms with Crippen molar-refractivity contribution in [3.63, 3.8) is 0 Å². The van der Waals surface area contributed by atoms with E-state index in [9.17, 15) is 28.7 Å². The summed E-state index contributed by atoms with van der Waals surface area (Å²) in [5, 5.41) is 14.3. The molecule has 148 valence electrons. The van der Waals surface area contributed by atoms with Crippen molar-refractivity contribution in [2.24, 2.45) is 5.16 Å². The second-order valence-electron chi connectivity index (χ2n) is 5.29. The molecule has 0 aromatic carbocycles. The molecule has 0 aliphatic carbocycles. The average Bonchev–Trinajstić information content (AvgIpc) is 3.10. The first-order valence-corrected chi connectivity index (χ1v) is 9.23. The summed E-state index contributed by atoms with van der Waals surface area (Å²) in [4.78, 5) is 56.3. The number of carbonyl (C=O) groups excluding carboxylic acids is 3. The van der Waals surface area contributed by atoms with Gasteiger partial charge < -0.3 is 21.0 Å². The van der Waals surface area contributed by atoms with Crippen LogP contribution in [0.5, 0.6) is 0 Å². The van der Waals surface area contributed by atoms with Gasteiger partial charge in [0.2, 0.25) is 11.5 Å².